The van der Waals surface area contributed by atoms with Crippen LogP contribution in [0.1, 0.15) is 70.9 Å². The monoisotopic (exact) mass is 440 g/mol. The van der Waals surface area contributed by atoms with E-state index in [9.17, 15) is 4.79 Å². The van der Waals surface area contributed by atoms with Crippen LogP contribution in [0.5, 0.6) is 5.75 Å². The first-order valence-electron chi connectivity index (χ1n) is 11.4. The summed E-state index contributed by atoms with van der Waals surface area (Å²) in [6, 6.07) is 7.87. The molecule has 1 unspecified atom stereocenters. The number of hydrogen-bond acceptors (Lipinski definition) is 6. The summed E-state index contributed by atoms with van der Waals surface area (Å²) < 4.78 is 7.78. The molecule has 7 heteroatoms. The van der Waals surface area contributed by atoms with Crippen molar-refractivity contribution in [2.24, 2.45) is 5.92 Å². The van der Waals surface area contributed by atoms with Crippen molar-refractivity contribution >= 4 is 23.5 Å². The van der Waals surface area contributed by atoms with Gasteiger partial charge in [0.1, 0.15) is 11.8 Å². The lowest BCUT2D eigenvalue weighted by molar-refractivity contribution is -0.116. The molecule has 0 fully saturated rings. The van der Waals surface area contributed by atoms with Crippen LogP contribution in [-0.4, -0.2) is 32.9 Å². The van der Waals surface area contributed by atoms with Crippen molar-refractivity contribution in [3.63, 3.8) is 0 Å². The van der Waals surface area contributed by atoms with Crippen LogP contribution in [0.15, 0.2) is 40.7 Å². The minimum absolute atomic E-state index is 0.206. The van der Waals surface area contributed by atoms with Crippen molar-refractivity contribution < 1.29 is 9.53 Å². The maximum absolute atomic E-state index is 12.9. The molecule has 0 amide bonds. The van der Waals surface area contributed by atoms with Crippen molar-refractivity contribution in [3.05, 3.63) is 41.1 Å². The predicted molar refractivity (Wildman–Crippen MR) is 125 cm³/mol. The molecule has 2 aliphatic rings. The zero-order valence-electron chi connectivity index (χ0n) is 18.7. The first-order chi connectivity index (χ1) is 15.1. The Balaban J connectivity index is 1.62. The molecule has 2 heterocycles. The molecule has 1 aromatic carbocycles. The number of aromatic nitrogens is 3. The van der Waals surface area contributed by atoms with Crippen LogP contribution >= 0.6 is 11.8 Å². The lowest BCUT2D eigenvalue weighted by Gasteiger charge is -2.32. The summed E-state index contributed by atoms with van der Waals surface area (Å²) in [7, 11) is 0. The van der Waals surface area contributed by atoms with Crippen molar-refractivity contribution in [2.45, 2.75) is 70.5 Å². The molecule has 2 aromatic rings. The number of thioether (sulfide) groups is 1. The topological polar surface area (TPSA) is 69.0 Å². The number of carbonyl (C=O) groups excluding carboxylic acids is 1. The number of nitrogens with one attached hydrogen (secondary N) is 1. The summed E-state index contributed by atoms with van der Waals surface area (Å²) in [5, 5.41) is 8.95. The molecule has 1 atom stereocenters. The Bertz CT molecular complexity index is 949. The van der Waals surface area contributed by atoms with Gasteiger partial charge in [0, 0.05) is 23.4 Å². The van der Waals surface area contributed by atoms with Gasteiger partial charge in [-0.25, -0.2) is 4.68 Å². The molecule has 0 spiro atoms. The van der Waals surface area contributed by atoms with E-state index in [1.54, 1.807) is 11.8 Å². The second kappa shape index (κ2) is 9.90. The maximum atomic E-state index is 12.9. The van der Waals surface area contributed by atoms with Crippen LogP contribution in [0.25, 0.3) is 0 Å². The molecule has 31 heavy (non-hydrogen) atoms. The Morgan fingerprint density at radius 1 is 1.26 bits per heavy atom. The first kappa shape index (κ1) is 21.9. The summed E-state index contributed by atoms with van der Waals surface area (Å²) in [6.07, 6.45) is 5.66. The second-order valence-corrected chi connectivity index (χ2v) is 9.72. The molecule has 0 radical (unpaired) electrons. The molecular weight excluding hydrogens is 408 g/mol. The van der Waals surface area contributed by atoms with Gasteiger partial charge in [0.2, 0.25) is 11.1 Å². The van der Waals surface area contributed by atoms with Gasteiger partial charge in [-0.05, 0) is 49.3 Å². The molecule has 6 nitrogen and oxygen atoms in total. The van der Waals surface area contributed by atoms with Crippen LogP contribution in [0, 0.1) is 5.92 Å². The minimum Gasteiger partial charge on any atom is -0.494 e. The number of carbonyl (C=O) groups is 1. The van der Waals surface area contributed by atoms with Crippen LogP contribution in [-0.2, 0) is 4.79 Å². The number of rotatable bonds is 9. The van der Waals surface area contributed by atoms with E-state index in [-0.39, 0.29) is 11.8 Å². The molecule has 166 valence electrons. The Morgan fingerprint density at radius 3 is 2.81 bits per heavy atom. The molecule has 0 bridgehead atoms. The highest BCUT2D eigenvalue weighted by atomic mass is 32.2. The maximum Gasteiger partial charge on any atom is 0.227 e. The third kappa shape index (κ3) is 4.97. The van der Waals surface area contributed by atoms with E-state index >= 15 is 0 Å². The van der Waals surface area contributed by atoms with Gasteiger partial charge in [-0.1, -0.05) is 51.1 Å². The standard InChI is InChI=1S/C24H32N4O2S/c1-4-5-15-31-24-26-23-25-19-7-6-8-20(29)21(19)22(28(23)27-24)17-9-11-18(12-10-17)30-14-13-16(2)3/h9-12,16,22H,4-8,13-15H2,1-3H3,(H,25,26,27). The number of Topliss-reactive ketones (excluding diaryl/α,β-unsaturated/α-hetero) is 1. The largest absolute Gasteiger partial charge is 0.494 e. The van der Waals surface area contributed by atoms with Gasteiger partial charge in [0.15, 0.2) is 5.78 Å². The molecule has 4 rings (SSSR count). The third-order valence-corrected chi connectivity index (χ3v) is 6.66. The van der Waals surface area contributed by atoms with Gasteiger partial charge < -0.3 is 10.1 Å². The molecule has 1 aliphatic carbocycles. The van der Waals surface area contributed by atoms with E-state index in [1.807, 2.05) is 16.8 Å². The summed E-state index contributed by atoms with van der Waals surface area (Å²) in [5.74, 6) is 3.41. The van der Waals surface area contributed by atoms with E-state index in [0.717, 1.165) is 71.5 Å². The quantitative estimate of drug-likeness (QED) is 0.403. The van der Waals surface area contributed by atoms with Crippen LogP contribution < -0.4 is 10.1 Å². The first-order valence-corrected chi connectivity index (χ1v) is 12.4. The number of fused-ring (bicyclic) bond motifs is 1. The average Bonchev–Trinajstić information content (AvgIpc) is 3.15. The lowest BCUT2D eigenvalue weighted by Crippen LogP contribution is -2.31. The average molecular weight is 441 g/mol. The fourth-order valence-electron chi connectivity index (χ4n) is 3.97. The number of ether oxygens (including phenoxy) is 1. The van der Waals surface area contributed by atoms with Gasteiger partial charge in [-0.3, -0.25) is 4.79 Å². The fourth-order valence-corrected chi connectivity index (χ4v) is 4.88. The molecule has 1 N–H and O–H groups in total. The second-order valence-electron chi connectivity index (χ2n) is 8.66. The van der Waals surface area contributed by atoms with Crippen LogP contribution in [0.2, 0.25) is 0 Å². The highest BCUT2D eigenvalue weighted by Crippen LogP contribution is 2.40. The highest BCUT2D eigenvalue weighted by molar-refractivity contribution is 7.99. The molecule has 0 saturated heterocycles. The van der Waals surface area contributed by atoms with Gasteiger partial charge in [0.05, 0.1) is 6.61 Å². The van der Waals surface area contributed by atoms with Crippen molar-refractivity contribution in [1.82, 2.24) is 14.8 Å². The number of allylic oxidation sites excluding steroid dienone is 2. The number of unbranched alkanes of at least 4 members (excludes halogenated alkanes) is 1. The number of nitrogens with zero attached hydrogens (tertiary/aromatic N) is 3. The number of benzene rings is 1. The Kier molecular flexibility index (Phi) is 7.00. The van der Waals surface area contributed by atoms with Crippen LogP contribution in [0.4, 0.5) is 5.95 Å². The SMILES string of the molecule is CCCCSc1nc2n(n1)C(c1ccc(OCCC(C)C)cc1)C1=C(CCCC1=O)N2. The minimum atomic E-state index is -0.239. The van der Waals surface area contributed by atoms with Gasteiger partial charge >= 0.3 is 0 Å². The fraction of sp³-hybridized carbons (Fsp3) is 0.542. The van der Waals surface area contributed by atoms with Crippen LogP contribution in [0.3, 0.4) is 0 Å². The van der Waals surface area contributed by atoms with Gasteiger partial charge in [0.25, 0.3) is 0 Å². The van der Waals surface area contributed by atoms with E-state index in [1.165, 1.54) is 0 Å². The van der Waals surface area contributed by atoms with Gasteiger partial charge in [-0.15, -0.1) is 5.10 Å². The van der Waals surface area contributed by atoms with Gasteiger partial charge in [-0.2, -0.15) is 4.98 Å². The molecule has 0 saturated carbocycles. The van der Waals surface area contributed by atoms with Crippen molar-refractivity contribution in [3.8, 4) is 5.75 Å². The Labute approximate surface area is 188 Å². The Hall–Kier alpha value is -2.28. The highest BCUT2D eigenvalue weighted by Gasteiger charge is 2.36. The third-order valence-electron chi connectivity index (χ3n) is 5.74. The summed E-state index contributed by atoms with van der Waals surface area (Å²) in [6.45, 7) is 7.29. The van der Waals surface area contributed by atoms with Crippen molar-refractivity contribution in [2.75, 3.05) is 17.7 Å². The number of ketones is 1. The predicted octanol–water partition coefficient (Wildman–Crippen LogP) is 5.62. The molecule has 1 aliphatic heterocycles. The normalized spacial score (nSPS) is 18.1. The summed E-state index contributed by atoms with van der Waals surface area (Å²) in [5.41, 5.74) is 2.88. The number of anilines is 1. The van der Waals surface area contributed by atoms with E-state index in [2.05, 4.69) is 38.2 Å². The zero-order chi connectivity index (χ0) is 21.8. The summed E-state index contributed by atoms with van der Waals surface area (Å²) >= 11 is 1.68. The van der Waals surface area contributed by atoms with E-state index < -0.39 is 0 Å². The van der Waals surface area contributed by atoms with Crippen molar-refractivity contribution in [1.29, 1.82) is 0 Å². The lowest BCUT2D eigenvalue weighted by atomic mass is 9.85. The summed E-state index contributed by atoms with van der Waals surface area (Å²) in [4.78, 5) is 17.6. The zero-order valence-corrected chi connectivity index (χ0v) is 19.5. The molecular formula is C24H32N4O2S. The smallest absolute Gasteiger partial charge is 0.227 e. The van der Waals surface area contributed by atoms with E-state index in [4.69, 9.17) is 14.8 Å². The van der Waals surface area contributed by atoms with E-state index in [0.29, 0.717) is 18.9 Å². The number of hydrogen-bond donors (Lipinski definition) is 1. The molecule has 1 aromatic heterocycles. The Morgan fingerprint density at radius 2 is 2.06 bits per heavy atom.